The summed E-state index contributed by atoms with van der Waals surface area (Å²) < 4.78 is 2.29. The van der Waals surface area contributed by atoms with E-state index in [1.807, 2.05) is 12.3 Å². The molecule has 0 fully saturated rings. The van der Waals surface area contributed by atoms with E-state index in [0.29, 0.717) is 0 Å². The van der Waals surface area contributed by atoms with Crippen LogP contribution >= 0.6 is 0 Å². The number of hydrogen-bond acceptors (Lipinski definition) is 3. The topological polar surface area (TPSA) is 56.7 Å². The maximum Gasteiger partial charge on any atom is 0.142 e. The van der Waals surface area contributed by atoms with E-state index in [1.54, 1.807) is 6.20 Å². The molecule has 3 heterocycles. The summed E-state index contributed by atoms with van der Waals surface area (Å²) in [4.78, 5) is 8.82. The third-order valence-corrected chi connectivity index (χ3v) is 3.37. The Morgan fingerprint density at radius 2 is 2.35 bits per heavy atom. The van der Waals surface area contributed by atoms with Crippen LogP contribution < -0.4 is 5.73 Å². The lowest BCUT2D eigenvalue weighted by molar-refractivity contribution is 0.473. The van der Waals surface area contributed by atoms with Gasteiger partial charge in [0.05, 0.1) is 5.69 Å². The lowest BCUT2D eigenvalue weighted by atomic mass is 10.0. The Morgan fingerprint density at radius 1 is 1.47 bits per heavy atom. The zero-order valence-electron chi connectivity index (χ0n) is 9.93. The van der Waals surface area contributed by atoms with Gasteiger partial charge in [-0.25, -0.2) is 4.98 Å². The Bertz CT molecular complexity index is 530. The van der Waals surface area contributed by atoms with E-state index in [2.05, 4.69) is 27.5 Å². The predicted octanol–water partition coefficient (Wildman–Crippen LogP) is 1.53. The number of rotatable bonds is 1. The number of nitrogens with two attached hydrogens (primary N) is 1. The van der Waals surface area contributed by atoms with Gasteiger partial charge in [0.15, 0.2) is 0 Å². The molecule has 2 aromatic rings. The summed E-state index contributed by atoms with van der Waals surface area (Å²) in [6.07, 6.45) is 5.60. The van der Waals surface area contributed by atoms with Crippen molar-refractivity contribution >= 4 is 0 Å². The Kier molecular flexibility index (Phi) is 2.44. The summed E-state index contributed by atoms with van der Waals surface area (Å²) in [6.45, 7) is 3.02. The second-order valence-electron chi connectivity index (χ2n) is 4.61. The average Bonchev–Trinajstić information content (AvgIpc) is 2.68. The molecule has 1 aliphatic rings. The number of pyridine rings is 1. The van der Waals surface area contributed by atoms with Crippen molar-refractivity contribution in [2.24, 2.45) is 5.73 Å². The minimum absolute atomic E-state index is 0.277. The van der Waals surface area contributed by atoms with Crippen LogP contribution in [0.4, 0.5) is 0 Å². The number of fused-ring (bicyclic) bond motifs is 1. The fraction of sp³-hybridized carbons (Fsp3) is 0.385. The van der Waals surface area contributed by atoms with Gasteiger partial charge in [0, 0.05) is 42.7 Å². The van der Waals surface area contributed by atoms with E-state index in [1.165, 1.54) is 5.69 Å². The maximum absolute atomic E-state index is 6.01. The molecule has 0 radical (unpaired) electrons. The van der Waals surface area contributed by atoms with Crippen LogP contribution in [0, 0.1) is 6.92 Å². The molecule has 1 atom stereocenters. The van der Waals surface area contributed by atoms with Crippen LogP contribution in [0.2, 0.25) is 0 Å². The predicted molar refractivity (Wildman–Crippen MR) is 66.5 cm³/mol. The third-order valence-electron chi connectivity index (χ3n) is 3.37. The van der Waals surface area contributed by atoms with Crippen LogP contribution in [-0.2, 0) is 13.0 Å². The van der Waals surface area contributed by atoms with Crippen molar-refractivity contribution in [1.82, 2.24) is 14.5 Å². The Labute approximate surface area is 101 Å². The van der Waals surface area contributed by atoms with Crippen molar-refractivity contribution in [3.63, 3.8) is 0 Å². The molecule has 0 aliphatic carbocycles. The first-order chi connectivity index (χ1) is 8.25. The maximum atomic E-state index is 6.01. The molecular weight excluding hydrogens is 212 g/mol. The van der Waals surface area contributed by atoms with Gasteiger partial charge >= 0.3 is 0 Å². The molecule has 0 amide bonds. The summed E-state index contributed by atoms with van der Waals surface area (Å²) in [5.41, 5.74) is 9.47. The van der Waals surface area contributed by atoms with Crippen molar-refractivity contribution in [2.75, 3.05) is 0 Å². The quantitative estimate of drug-likeness (QED) is 0.805. The largest absolute Gasteiger partial charge is 0.328 e. The van der Waals surface area contributed by atoms with Crippen LogP contribution in [0.15, 0.2) is 24.5 Å². The number of imidazole rings is 1. The van der Waals surface area contributed by atoms with Gasteiger partial charge in [-0.05, 0) is 25.5 Å². The van der Waals surface area contributed by atoms with Gasteiger partial charge in [-0.1, -0.05) is 0 Å². The first-order valence-electron chi connectivity index (χ1n) is 5.97. The van der Waals surface area contributed by atoms with Crippen molar-refractivity contribution in [3.8, 4) is 11.4 Å². The summed E-state index contributed by atoms with van der Waals surface area (Å²) in [7, 11) is 0. The van der Waals surface area contributed by atoms with E-state index in [4.69, 9.17) is 5.73 Å². The van der Waals surface area contributed by atoms with E-state index in [-0.39, 0.29) is 6.04 Å². The fourth-order valence-corrected chi connectivity index (χ4v) is 2.47. The molecule has 2 N–H and O–H groups in total. The second-order valence-corrected chi connectivity index (χ2v) is 4.61. The van der Waals surface area contributed by atoms with Crippen molar-refractivity contribution < 1.29 is 0 Å². The SMILES string of the molecule is Cc1nc(-c2cccnc2)n2c1CC(N)CC2. The number of nitrogens with zero attached hydrogens (tertiary/aromatic N) is 3. The molecule has 17 heavy (non-hydrogen) atoms. The lowest BCUT2D eigenvalue weighted by Gasteiger charge is -2.22. The molecule has 88 valence electrons. The van der Waals surface area contributed by atoms with Gasteiger partial charge in [-0.3, -0.25) is 4.98 Å². The highest BCUT2D eigenvalue weighted by molar-refractivity contribution is 5.55. The summed E-state index contributed by atoms with van der Waals surface area (Å²) in [5.74, 6) is 1.03. The van der Waals surface area contributed by atoms with Gasteiger partial charge in [0.1, 0.15) is 5.82 Å². The van der Waals surface area contributed by atoms with Crippen molar-refractivity contribution in [1.29, 1.82) is 0 Å². The second kappa shape index (κ2) is 3.96. The molecule has 0 aromatic carbocycles. The van der Waals surface area contributed by atoms with Crippen molar-refractivity contribution in [2.45, 2.75) is 32.4 Å². The van der Waals surface area contributed by atoms with Gasteiger partial charge in [0.25, 0.3) is 0 Å². The summed E-state index contributed by atoms with van der Waals surface area (Å²) in [5, 5.41) is 0. The highest BCUT2D eigenvalue weighted by Crippen LogP contribution is 2.26. The molecule has 0 saturated heterocycles. The van der Waals surface area contributed by atoms with Gasteiger partial charge in [-0.15, -0.1) is 0 Å². The summed E-state index contributed by atoms with van der Waals surface area (Å²) in [6, 6.07) is 4.27. The van der Waals surface area contributed by atoms with Crippen LogP contribution in [0.5, 0.6) is 0 Å². The molecule has 0 spiro atoms. The minimum atomic E-state index is 0.277. The third kappa shape index (κ3) is 1.74. The Hall–Kier alpha value is -1.68. The Morgan fingerprint density at radius 3 is 3.12 bits per heavy atom. The van der Waals surface area contributed by atoms with Crippen LogP contribution in [0.1, 0.15) is 17.8 Å². The highest BCUT2D eigenvalue weighted by Gasteiger charge is 2.22. The van der Waals surface area contributed by atoms with Gasteiger partial charge < -0.3 is 10.3 Å². The molecule has 1 unspecified atom stereocenters. The molecule has 4 heteroatoms. The summed E-state index contributed by atoms with van der Waals surface area (Å²) >= 11 is 0. The number of aryl methyl sites for hydroxylation is 1. The number of hydrogen-bond donors (Lipinski definition) is 1. The smallest absolute Gasteiger partial charge is 0.142 e. The molecule has 1 aliphatic heterocycles. The zero-order chi connectivity index (χ0) is 11.8. The average molecular weight is 228 g/mol. The monoisotopic (exact) mass is 228 g/mol. The van der Waals surface area contributed by atoms with Crippen LogP contribution in [-0.4, -0.2) is 20.6 Å². The van der Waals surface area contributed by atoms with Crippen molar-refractivity contribution in [3.05, 3.63) is 35.9 Å². The van der Waals surface area contributed by atoms with E-state index >= 15 is 0 Å². The van der Waals surface area contributed by atoms with E-state index in [0.717, 1.165) is 36.5 Å². The highest BCUT2D eigenvalue weighted by atomic mass is 15.1. The minimum Gasteiger partial charge on any atom is -0.328 e. The Balaban J connectivity index is 2.11. The standard InChI is InChI=1S/C13H16N4/c1-9-12-7-11(14)4-6-17(12)13(16-9)10-3-2-5-15-8-10/h2-3,5,8,11H,4,6-7,14H2,1H3. The molecule has 0 saturated carbocycles. The lowest BCUT2D eigenvalue weighted by Crippen LogP contribution is -2.31. The van der Waals surface area contributed by atoms with Crippen LogP contribution in [0.25, 0.3) is 11.4 Å². The first-order valence-corrected chi connectivity index (χ1v) is 5.97. The fourth-order valence-electron chi connectivity index (χ4n) is 2.47. The number of aromatic nitrogens is 3. The molecule has 4 nitrogen and oxygen atoms in total. The molecule has 3 rings (SSSR count). The molecule has 0 bridgehead atoms. The molecule has 2 aromatic heterocycles. The van der Waals surface area contributed by atoms with Crippen LogP contribution in [0.3, 0.4) is 0 Å². The van der Waals surface area contributed by atoms with E-state index < -0.39 is 0 Å². The van der Waals surface area contributed by atoms with Gasteiger partial charge in [0.2, 0.25) is 0 Å². The first kappa shape index (κ1) is 10.5. The van der Waals surface area contributed by atoms with Gasteiger partial charge in [-0.2, -0.15) is 0 Å². The normalized spacial score (nSPS) is 19.1. The van der Waals surface area contributed by atoms with E-state index in [9.17, 15) is 0 Å². The molecular formula is C13H16N4. The zero-order valence-corrected chi connectivity index (χ0v) is 9.93.